The minimum absolute atomic E-state index is 0.00523. The summed E-state index contributed by atoms with van der Waals surface area (Å²) in [6, 6.07) is 3.16. The molecule has 0 radical (unpaired) electrons. The average Bonchev–Trinajstić information content (AvgIpc) is 2.29. The number of amides is 1. The highest BCUT2D eigenvalue weighted by molar-refractivity contribution is 6.30. The Morgan fingerprint density at radius 1 is 1.26 bits per heavy atom. The molecule has 0 spiro atoms. The Kier molecular flexibility index (Phi) is 4.71. The number of anilines is 1. The summed E-state index contributed by atoms with van der Waals surface area (Å²) in [6.07, 6.45) is -4.89. The smallest absolute Gasteiger partial charge is 0.416 e. The van der Waals surface area contributed by atoms with Crippen LogP contribution < -0.4 is 5.32 Å². The maximum Gasteiger partial charge on any atom is 0.416 e. The summed E-state index contributed by atoms with van der Waals surface area (Å²) in [7, 11) is 0. The van der Waals surface area contributed by atoms with Gasteiger partial charge in [0.15, 0.2) is 0 Å². The molecule has 0 aromatic heterocycles. The summed E-state index contributed by atoms with van der Waals surface area (Å²) in [4.78, 5) is 13.3. The van der Waals surface area contributed by atoms with Gasteiger partial charge in [-0.2, -0.15) is 13.2 Å². The molecule has 0 atom stereocenters. The lowest BCUT2D eigenvalue weighted by molar-refractivity contribution is -0.137. The molecule has 1 aromatic rings. The molecule has 1 saturated heterocycles. The fraction of sp³-hybridized carbons (Fsp3) is 0.533. The molecule has 1 fully saturated rings. The number of rotatable bonds is 2. The zero-order valence-corrected chi connectivity index (χ0v) is 13.8. The Labute approximate surface area is 137 Å². The van der Waals surface area contributed by atoms with E-state index in [-0.39, 0.29) is 16.8 Å². The van der Waals surface area contributed by atoms with Gasteiger partial charge in [-0.05, 0) is 39.0 Å². The standard InChI is InChI=1S/C15H18ClF3N2O2/c1-14(2,3)23-13(22)21-7-12(8-21)20-11-5-9(15(17,18)19)4-10(16)6-11/h4-6,12,20H,7-8H2,1-3H3. The Balaban J connectivity index is 1.93. The first-order valence-corrected chi connectivity index (χ1v) is 7.44. The molecular weight excluding hydrogens is 333 g/mol. The number of hydrogen-bond acceptors (Lipinski definition) is 3. The van der Waals surface area contributed by atoms with Crippen LogP contribution in [0.1, 0.15) is 26.3 Å². The zero-order chi connectivity index (χ0) is 17.4. The molecule has 2 rings (SSSR count). The summed E-state index contributed by atoms with van der Waals surface area (Å²) in [5.74, 6) is 0. The molecule has 128 valence electrons. The van der Waals surface area contributed by atoms with Crippen molar-refractivity contribution in [3.8, 4) is 0 Å². The largest absolute Gasteiger partial charge is 0.444 e. The van der Waals surface area contributed by atoms with Gasteiger partial charge in [-0.1, -0.05) is 11.6 Å². The van der Waals surface area contributed by atoms with Crippen LogP contribution in [0.5, 0.6) is 0 Å². The van der Waals surface area contributed by atoms with Gasteiger partial charge in [-0.15, -0.1) is 0 Å². The quantitative estimate of drug-likeness (QED) is 0.860. The van der Waals surface area contributed by atoms with E-state index in [4.69, 9.17) is 16.3 Å². The number of hydrogen-bond donors (Lipinski definition) is 1. The van der Waals surface area contributed by atoms with E-state index in [9.17, 15) is 18.0 Å². The number of halogens is 4. The van der Waals surface area contributed by atoms with E-state index in [1.54, 1.807) is 20.8 Å². The Hall–Kier alpha value is -1.63. The number of nitrogens with zero attached hydrogens (tertiary/aromatic N) is 1. The number of alkyl halides is 3. The van der Waals surface area contributed by atoms with Gasteiger partial charge in [0.25, 0.3) is 0 Å². The molecule has 1 aliphatic rings. The van der Waals surface area contributed by atoms with Gasteiger partial charge < -0.3 is 15.0 Å². The first-order valence-electron chi connectivity index (χ1n) is 7.06. The molecule has 0 aliphatic carbocycles. The molecule has 0 unspecified atom stereocenters. The lowest BCUT2D eigenvalue weighted by Gasteiger charge is -2.40. The Bertz CT molecular complexity index is 593. The van der Waals surface area contributed by atoms with Crippen molar-refractivity contribution >= 4 is 23.4 Å². The van der Waals surface area contributed by atoms with E-state index in [0.29, 0.717) is 13.1 Å². The topological polar surface area (TPSA) is 41.6 Å². The predicted octanol–water partition coefficient (Wildman–Crippen LogP) is 4.39. The second-order valence-corrected chi connectivity index (χ2v) is 6.89. The Morgan fingerprint density at radius 2 is 1.87 bits per heavy atom. The first-order chi connectivity index (χ1) is 10.4. The fourth-order valence-electron chi connectivity index (χ4n) is 2.12. The summed E-state index contributed by atoms with van der Waals surface area (Å²) >= 11 is 5.73. The number of likely N-dealkylation sites (tertiary alicyclic amines) is 1. The lowest BCUT2D eigenvalue weighted by atomic mass is 10.1. The molecule has 0 bridgehead atoms. The number of ether oxygens (including phenoxy) is 1. The van der Waals surface area contributed by atoms with Crippen molar-refractivity contribution in [1.29, 1.82) is 0 Å². The van der Waals surface area contributed by atoms with Crippen LogP contribution >= 0.6 is 11.6 Å². The van der Waals surface area contributed by atoms with Crippen molar-refractivity contribution in [2.75, 3.05) is 18.4 Å². The molecule has 1 amide bonds. The van der Waals surface area contributed by atoms with E-state index in [0.717, 1.165) is 12.1 Å². The molecule has 1 aromatic carbocycles. The molecule has 23 heavy (non-hydrogen) atoms. The van der Waals surface area contributed by atoms with Gasteiger partial charge in [0.1, 0.15) is 5.60 Å². The van der Waals surface area contributed by atoms with Crippen molar-refractivity contribution in [3.63, 3.8) is 0 Å². The van der Waals surface area contributed by atoms with Crippen molar-refractivity contribution < 1.29 is 22.7 Å². The van der Waals surface area contributed by atoms with Crippen LogP contribution in [0, 0.1) is 0 Å². The van der Waals surface area contributed by atoms with E-state index < -0.39 is 23.4 Å². The van der Waals surface area contributed by atoms with E-state index >= 15 is 0 Å². The normalized spacial score (nSPS) is 16.0. The predicted molar refractivity (Wildman–Crippen MR) is 81.7 cm³/mol. The average molecular weight is 351 g/mol. The van der Waals surface area contributed by atoms with Crippen LogP contribution in [-0.4, -0.2) is 35.7 Å². The minimum atomic E-state index is -4.45. The van der Waals surface area contributed by atoms with E-state index in [1.165, 1.54) is 11.0 Å². The molecule has 1 heterocycles. The van der Waals surface area contributed by atoms with Gasteiger partial charge in [0.2, 0.25) is 0 Å². The van der Waals surface area contributed by atoms with Gasteiger partial charge in [-0.3, -0.25) is 0 Å². The van der Waals surface area contributed by atoms with Crippen LogP contribution in [0.3, 0.4) is 0 Å². The highest BCUT2D eigenvalue weighted by Gasteiger charge is 2.35. The van der Waals surface area contributed by atoms with Crippen LogP contribution in [-0.2, 0) is 10.9 Å². The second-order valence-electron chi connectivity index (χ2n) is 6.45. The third-order valence-electron chi connectivity index (χ3n) is 3.13. The van der Waals surface area contributed by atoms with Crippen molar-refractivity contribution in [2.24, 2.45) is 0 Å². The van der Waals surface area contributed by atoms with E-state index in [1.807, 2.05) is 0 Å². The van der Waals surface area contributed by atoms with Crippen LogP contribution in [0.15, 0.2) is 18.2 Å². The lowest BCUT2D eigenvalue weighted by Crippen LogP contribution is -2.57. The number of carbonyl (C=O) groups is 1. The van der Waals surface area contributed by atoms with Crippen molar-refractivity contribution in [1.82, 2.24) is 4.90 Å². The highest BCUT2D eigenvalue weighted by atomic mass is 35.5. The molecule has 1 N–H and O–H groups in total. The molecule has 4 nitrogen and oxygen atoms in total. The first kappa shape index (κ1) is 17.7. The molecule has 1 aliphatic heterocycles. The SMILES string of the molecule is CC(C)(C)OC(=O)N1CC(Nc2cc(Cl)cc(C(F)(F)F)c2)C1. The van der Waals surface area contributed by atoms with Crippen molar-refractivity contribution in [3.05, 3.63) is 28.8 Å². The third-order valence-corrected chi connectivity index (χ3v) is 3.35. The molecular formula is C15H18ClF3N2O2. The molecule has 8 heteroatoms. The summed E-state index contributed by atoms with van der Waals surface area (Å²) in [5.41, 5.74) is -1.11. The van der Waals surface area contributed by atoms with Gasteiger partial charge in [-0.25, -0.2) is 4.79 Å². The van der Waals surface area contributed by atoms with Crippen LogP contribution in [0.25, 0.3) is 0 Å². The van der Waals surface area contributed by atoms with Crippen LogP contribution in [0.4, 0.5) is 23.7 Å². The van der Waals surface area contributed by atoms with Crippen molar-refractivity contribution in [2.45, 2.75) is 38.6 Å². The number of benzene rings is 1. The maximum atomic E-state index is 12.8. The van der Waals surface area contributed by atoms with Crippen LogP contribution in [0.2, 0.25) is 5.02 Å². The fourth-order valence-corrected chi connectivity index (χ4v) is 2.35. The zero-order valence-electron chi connectivity index (χ0n) is 13.0. The van der Waals surface area contributed by atoms with Gasteiger partial charge in [0.05, 0.1) is 11.6 Å². The number of nitrogens with one attached hydrogen (secondary N) is 1. The second kappa shape index (κ2) is 6.11. The minimum Gasteiger partial charge on any atom is -0.444 e. The summed E-state index contributed by atoms with van der Waals surface area (Å²) in [6.45, 7) is 6.03. The third kappa shape index (κ3) is 4.92. The molecule has 0 saturated carbocycles. The summed E-state index contributed by atoms with van der Waals surface area (Å²) in [5, 5.41) is 2.95. The highest BCUT2D eigenvalue weighted by Crippen LogP contribution is 2.33. The summed E-state index contributed by atoms with van der Waals surface area (Å²) < 4.78 is 43.5. The van der Waals surface area contributed by atoms with E-state index in [2.05, 4.69) is 5.32 Å². The monoisotopic (exact) mass is 350 g/mol. The Morgan fingerprint density at radius 3 is 2.39 bits per heavy atom. The maximum absolute atomic E-state index is 12.8. The van der Waals surface area contributed by atoms with Gasteiger partial charge in [0, 0.05) is 23.8 Å². The van der Waals surface area contributed by atoms with Gasteiger partial charge >= 0.3 is 12.3 Å². The number of carbonyl (C=O) groups excluding carboxylic acids is 1.